The van der Waals surface area contributed by atoms with Gasteiger partial charge in [-0.25, -0.2) is 4.79 Å². The number of hydrogen-bond acceptors (Lipinski definition) is 10. The molecule has 0 spiro atoms. The van der Waals surface area contributed by atoms with E-state index in [2.05, 4.69) is 54.4 Å². The minimum absolute atomic E-state index is 0.0656. The van der Waals surface area contributed by atoms with Crippen molar-refractivity contribution in [2.75, 3.05) is 25.4 Å². The van der Waals surface area contributed by atoms with E-state index in [0.717, 1.165) is 0 Å². The van der Waals surface area contributed by atoms with Gasteiger partial charge in [0.05, 0.1) is 12.6 Å². The fraction of sp³-hybridized carbons (Fsp3) is 0.750. The van der Waals surface area contributed by atoms with E-state index in [9.17, 15) is 29.1 Å². The molecule has 19 nitrogen and oxygen atoms in total. The van der Waals surface area contributed by atoms with Crippen LogP contribution in [0, 0.1) is 0 Å². The number of azide groups is 1. The van der Waals surface area contributed by atoms with Crippen LogP contribution in [0.3, 0.4) is 0 Å². The molecule has 0 aromatic carbocycles. The first-order chi connectivity index (χ1) is 20.9. The number of carbonyl (C=O) groups excluding carboxylic acids is 4. The molecule has 0 bridgehead atoms. The van der Waals surface area contributed by atoms with E-state index in [1.54, 1.807) is 0 Å². The summed E-state index contributed by atoms with van der Waals surface area (Å²) in [5, 5.41) is 22.6. The molecule has 0 aliphatic carbocycles. The minimum atomic E-state index is -1.27. The van der Waals surface area contributed by atoms with Crippen LogP contribution in [0.5, 0.6) is 0 Å². The van der Waals surface area contributed by atoms with Crippen molar-refractivity contribution in [3.05, 3.63) is 10.4 Å². The van der Waals surface area contributed by atoms with E-state index in [0.29, 0.717) is 45.2 Å². The molecule has 0 heterocycles. The number of aliphatic carboxylic acids is 1. The van der Waals surface area contributed by atoms with Crippen molar-refractivity contribution in [3.8, 4) is 0 Å². The Labute approximate surface area is 261 Å². The highest BCUT2D eigenvalue weighted by Crippen LogP contribution is 2.05. The number of carbonyl (C=O) groups is 5. The predicted octanol–water partition coefficient (Wildman–Crippen LogP) is -2.54. The van der Waals surface area contributed by atoms with Crippen LogP contribution < -0.4 is 49.6 Å². The van der Waals surface area contributed by atoms with E-state index in [1.165, 1.54) is 6.92 Å². The lowest BCUT2D eigenvalue weighted by atomic mass is 10.1. The molecule has 0 aromatic heterocycles. The SMILES string of the molecule is C[C@H](NC(=O)[C@@H](N)CCCCN)C(=O)N[C@@H](CCCN=C(N)N)C(=O)N[C@@H](CS)C(=O)N[C@@H](CCCCNN=[N+]=[N-])C(=O)O. The highest BCUT2D eigenvalue weighted by Gasteiger charge is 2.30. The molecule has 250 valence electrons. The third-order valence-electron chi connectivity index (χ3n) is 6.21. The van der Waals surface area contributed by atoms with Crippen LogP contribution in [0.2, 0.25) is 0 Å². The third-order valence-corrected chi connectivity index (χ3v) is 6.58. The summed E-state index contributed by atoms with van der Waals surface area (Å²) in [5.74, 6) is -4.35. The van der Waals surface area contributed by atoms with E-state index in [4.69, 9.17) is 28.5 Å². The topological polar surface area (TPSA) is 331 Å². The van der Waals surface area contributed by atoms with Crippen molar-refractivity contribution < 1.29 is 29.1 Å². The molecular weight excluding hydrogens is 598 g/mol. The lowest BCUT2D eigenvalue weighted by molar-refractivity contribution is -0.142. The molecule has 0 fully saturated rings. The first kappa shape index (κ1) is 40.0. The number of carboxylic acid groups (broad SMARTS) is 1. The lowest BCUT2D eigenvalue weighted by Gasteiger charge is -2.25. The average Bonchev–Trinajstić information content (AvgIpc) is 2.97. The van der Waals surface area contributed by atoms with Gasteiger partial charge in [0.15, 0.2) is 5.96 Å². The summed E-state index contributed by atoms with van der Waals surface area (Å²) < 4.78 is 0. The molecule has 0 rings (SSSR count). The molecule has 0 unspecified atom stereocenters. The van der Waals surface area contributed by atoms with Gasteiger partial charge in [-0.15, -0.1) is 5.53 Å². The lowest BCUT2D eigenvalue weighted by Crippen LogP contribution is -2.58. The Balaban J connectivity index is 5.38. The van der Waals surface area contributed by atoms with E-state index < -0.39 is 59.8 Å². The van der Waals surface area contributed by atoms with Crippen molar-refractivity contribution in [3.63, 3.8) is 0 Å². The number of nitrogens with zero attached hydrogens (tertiary/aromatic N) is 4. The summed E-state index contributed by atoms with van der Waals surface area (Å²) in [6.45, 7) is 2.37. The number of rotatable bonds is 24. The second kappa shape index (κ2) is 23.5. The number of hydrogen-bond donors (Lipinski definition) is 11. The molecule has 5 atom stereocenters. The van der Waals surface area contributed by atoms with Crippen molar-refractivity contribution >= 4 is 48.2 Å². The van der Waals surface area contributed by atoms with E-state index in [-0.39, 0.29) is 37.5 Å². The Morgan fingerprint density at radius 1 is 0.841 bits per heavy atom. The van der Waals surface area contributed by atoms with Crippen LogP contribution in [0.1, 0.15) is 58.3 Å². The zero-order valence-corrected chi connectivity index (χ0v) is 25.8. The number of unbranched alkanes of at least 4 members (excludes halogenated alkanes) is 2. The van der Waals surface area contributed by atoms with Crippen molar-refractivity contribution in [2.45, 2.75) is 88.5 Å². The maximum atomic E-state index is 13.2. The first-order valence-electron chi connectivity index (χ1n) is 14.2. The Hall–Kier alpha value is -4.00. The largest absolute Gasteiger partial charge is 0.480 e. The molecule has 0 saturated heterocycles. The number of nitrogens with one attached hydrogen (secondary N) is 5. The molecule has 0 aliphatic rings. The predicted molar refractivity (Wildman–Crippen MR) is 167 cm³/mol. The monoisotopic (exact) mass is 645 g/mol. The number of thiol groups is 1. The fourth-order valence-electron chi connectivity index (χ4n) is 3.73. The van der Waals surface area contributed by atoms with Crippen molar-refractivity contribution in [1.29, 1.82) is 0 Å². The van der Waals surface area contributed by atoms with Crippen LogP contribution in [0.15, 0.2) is 10.2 Å². The molecule has 20 heteroatoms. The quantitative estimate of drug-likeness (QED) is 0.00758. The van der Waals surface area contributed by atoms with E-state index in [1.807, 2.05) is 0 Å². The third kappa shape index (κ3) is 17.8. The van der Waals surface area contributed by atoms with Crippen LogP contribution in [0.25, 0.3) is 10.4 Å². The summed E-state index contributed by atoms with van der Waals surface area (Å²) >= 11 is 4.12. The minimum Gasteiger partial charge on any atom is -0.480 e. The summed E-state index contributed by atoms with van der Waals surface area (Å²) in [6.07, 6.45) is 3.02. The van der Waals surface area contributed by atoms with Gasteiger partial charge in [0.1, 0.15) is 24.2 Å². The molecule has 4 amide bonds. The van der Waals surface area contributed by atoms with Crippen molar-refractivity contribution in [1.82, 2.24) is 26.7 Å². The smallest absolute Gasteiger partial charge is 0.326 e. The molecule has 0 aromatic rings. The molecule has 0 saturated carbocycles. The van der Waals surface area contributed by atoms with Crippen LogP contribution >= 0.6 is 12.6 Å². The van der Waals surface area contributed by atoms with Gasteiger partial charge in [-0.1, -0.05) is 6.42 Å². The number of guanidine groups is 1. The standard InChI is InChI=1S/C24H47N13O6S/c1-14(32-20(39)15(26)7-2-4-10-25)19(38)33-16(9-6-11-30-24(27)28)21(40)35-18(13-44)22(41)34-17(23(42)43)8-3-5-12-31-37-36-29/h14-18,31,44H,2-13,25-26H2,1H3,(H,32,39)(H,33,38)(H,34,41)(H,35,40)(H,42,43)(H4,27,28,30)/t14-,15-,16-,17-,18-/m0/s1. The van der Waals surface area contributed by atoms with Crippen LogP contribution in [-0.2, 0) is 24.0 Å². The van der Waals surface area contributed by atoms with Gasteiger partial charge in [0.2, 0.25) is 23.6 Å². The Kier molecular flexibility index (Phi) is 21.3. The van der Waals surface area contributed by atoms with Gasteiger partial charge in [-0.3, -0.25) is 29.6 Å². The summed E-state index contributed by atoms with van der Waals surface area (Å²) in [7, 11) is 0. The zero-order valence-electron chi connectivity index (χ0n) is 24.9. The second-order valence-corrected chi connectivity index (χ2v) is 10.2. The fourth-order valence-corrected chi connectivity index (χ4v) is 3.98. The van der Waals surface area contributed by atoms with E-state index >= 15 is 0 Å². The van der Waals surface area contributed by atoms with Gasteiger partial charge < -0.3 is 49.3 Å². The second-order valence-electron chi connectivity index (χ2n) is 9.87. The molecular formula is C24H47N13O6S. The summed E-state index contributed by atoms with van der Waals surface area (Å²) in [6, 6.07) is -5.53. The van der Waals surface area contributed by atoms with Gasteiger partial charge >= 0.3 is 5.97 Å². The van der Waals surface area contributed by atoms with Gasteiger partial charge in [0.25, 0.3) is 0 Å². The molecule has 0 aliphatic heterocycles. The van der Waals surface area contributed by atoms with Crippen LogP contribution in [-0.4, -0.2) is 96.3 Å². The molecule has 0 radical (unpaired) electrons. The summed E-state index contributed by atoms with van der Waals surface area (Å²) in [4.78, 5) is 69.4. The Bertz CT molecular complexity index is 1010. The number of amides is 4. The highest BCUT2D eigenvalue weighted by atomic mass is 32.1. The maximum absolute atomic E-state index is 13.2. The van der Waals surface area contributed by atoms with Gasteiger partial charge in [0, 0.05) is 12.3 Å². The van der Waals surface area contributed by atoms with Gasteiger partial charge in [-0.2, -0.15) is 17.5 Å². The normalized spacial score (nSPS) is 13.9. The number of carboxylic acids is 1. The zero-order chi connectivity index (χ0) is 33.5. The van der Waals surface area contributed by atoms with Gasteiger partial charge in [-0.05, 0) is 63.6 Å². The number of nitrogens with two attached hydrogens (primary N) is 4. The Morgan fingerprint density at radius 2 is 1.43 bits per heavy atom. The molecule has 44 heavy (non-hydrogen) atoms. The first-order valence-corrected chi connectivity index (χ1v) is 14.8. The van der Waals surface area contributed by atoms with Crippen molar-refractivity contribution in [2.24, 2.45) is 33.2 Å². The average molecular weight is 646 g/mol. The highest BCUT2D eigenvalue weighted by molar-refractivity contribution is 7.80. The van der Waals surface area contributed by atoms with Crippen LogP contribution in [0.4, 0.5) is 0 Å². The number of aliphatic imine (C=N–C) groups is 1. The molecule has 14 N–H and O–H groups in total. The maximum Gasteiger partial charge on any atom is 0.326 e. The Morgan fingerprint density at radius 3 is 2.02 bits per heavy atom. The summed E-state index contributed by atoms with van der Waals surface area (Å²) in [5.41, 5.74) is 32.7.